The van der Waals surface area contributed by atoms with Crippen LogP contribution >= 0.6 is 0 Å². The van der Waals surface area contributed by atoms with E-state index in [0.717, 1.165) is 5.56 Å². The molecule has 0 fully saturated rings. The van der Waals surface area contributed by atoms with Crippen molar-refractivity contribution in [2.75, 3.05) is 0 Å². The van der Waals surface area contributed by atoms with Gasteiger partial charge in [0, 0.05) is 18.9 Å². The van der Waals surface area contributed by atoms with E-state index in [4.69, 9.17) is 4.74 Å². The maximum atomic E-state index is 11.1. The third kappa shape index (κ3) is 7.78. The molecule has 3 N–H and O–H groups in total. The first kappa shape index (κ1) is 20.1. The van der Waals surface area contributed by atoms with Crippen LogP contribution in [0.4, 0.5) is 0 Å². The SMILES string of the molecule is O=C1C=CC[C@H](/C=C/C[C@H](O)CC(O)C[C@@H](O)/C=C/c2ccccc2)O1. The van der Waals surface area contributed by atoms with Crippen molar-refractivity contribution in [2.24, 2.45) is 0 Å². The molecular weight excluding hydrogens is 332 g/mol. The number of ether oxygens (including phenoxy) is 1. The van der Waals surface area contributed by atoms with Crippen molar-refractivity contribution in [3.63, 3.8) is 0 Å². The molecule has 1 aromatic rings. The van der Waals surface area contributed by atoms with Gasteiger partial charge in [0.05, 0.1) is 18.3 Å². The van der Waals surface area contributed by atoms with Gasteiger partial charge in [-0.1, -0.05) is 54.6 Å². The highest BCUT2D eigenvalue weighted by Gasteiger charge is 2.15. The number of hydrogen-bond donors (Lipinski definition) is 3. The first-order valence-corrected chi connectivity index (χ1v) is 8.84. The summed E-state index contributed by atoms with van der Waals surface area (Å²) in [5.74, 6) is -0.362. The van der Waals surface area contributed by atoms with Crippen LogP contribution in [-0.2, 0) is 9.53 Å². The molecule has 4 atom stereocenters. The highest BCUT2D eigenvalue weighted by Crippen LogP contribution is 2.13. The van der Waals surface area contributed by atoms with Crippen molar-refractivity contribution in [1.29, 1.82) is 0 Å². The van der Waals surface area contributed by atoms with E-state index in [0.29, 0.717) is 12.8 Å². The molecule has 0 spiro atoms. The highest BCUT2D eigenvalue weighted by atomic mass is 16.5. The van der Waals surface area contributed by atoms with Crippen LogP contribution in [-0.4, -0.2) is 45.7 Å². The van der Waals surface area contributed by atoms with Gasteiger partial charge in [-0.2, -0.15) is 0 Å². The number of carbonyl (C=O) groups excluding carboxylic acids is 1. The Morgan fingerprint density at radius 2 is 1.88 bits per heavy atom. The summed E-state index contributed by atoms with van der Waals surface area (Å²) in [6, 6.07) is 9.59. The molecule has 1 aliphatic heterocycles. The number of aliphatic hydroxyl groups excluding tert-OH is 3. The number of carbonyl (C=O) groups is 1. The lowest BCUT2D eigenvalue weighted by Gasteiger charge is -2.17. The van der Waals surface area contributed by atoms with E-state index in [2.05, 4.69) is 0 Å². The number of aliphatic hydroxyl groups is 3. The number of cyclic esters (lactones) is 1. The molecule has 140 valence electrons. The quantitative estimate of drug-likeness (QED) is 0.466. The van der Waals surface area contributed by atoms with Gasteiger partial charge in [-0.05, 0) is 24.5 Å². The fraction of sp³-hybridized carbons (Fsp3) is 0.381. The van der Waals surface area contributed by atoms with E-state index >= 15 is 0 Å². The van der Waals surface area contributed by atoms with Crippen molar-refractivity contribution in [3.05, 3.63) is 66.3 Å². The lowest BCUT2D eigenvalue weighted by atomic mass is 10.0. The van der Waals surface area contributed by atoms with Crippen LogP contribution < -0.4 is 0 Å². The molecule has 5 heteroatoms. The molecule has 0 aromatic heterocycles. The largest absolute Gasteiger partial charge is 0.455 e. The van der Waals surface area contributed by atoms with Crippen molar-refractivity contribution in [3.8, 4) is 0 Å². The number of benzene rings is 1. The number of esters is 1. The zero-order valence-electron chi connectivity index (χ0n) is 14.6. The number of hydrogen-bond acceptors (Lipinski definition) is 5. The molecule has 1 heterocycles. The summed E-state index contributed by atoms with van der Waals surface area (Å²) in [7, 11) is 0. The minimum absolute atomic E-state index is 0.162. The number of rotatable bonds is 9. The van der Waals surface area contributed by atoms with E-state index in [-0.39, 0.29) is 24.9 Å². The zero-order chi connectivity index (χ0) is 18.8. The Morgan fingerprint density at radius 3 is 2.62 bits per heavy atom. The third-order valence-corrected chi connectivity index (χ3v) is 4.02. The molecule has 26 heavy (non-hydrogen) atoms. The monoisotopic (exact) mass is 358 g/mol. The van der Waals surface area contributed by atoms with E-state index in [1.807, 2.05) is 30.3 Å². The Morgan fingerprint density at radius 1 is 1.12 bits per heavy atom. The first-order chi connectivity index (χ1) is 12.5. The van der Waals surface area contributed by atoms with Gasteiger partial charge in [0.2, 0.25) is 0 Å². The molecule has 0 radical (unpaired) electrons. The fourth-order valence-electron chi connectivity index (χ4n) is 2.69. The molecule has 0 amide bonds. The van der Waals surface area contributed by atoms with Gasteiger partial charge < -0.3 is 20.1 Å². The second kappa shape index (κ2) is 10.7. The Kier molecular flexibility index (Phi) is 8.28. The van der Waals surface area contributed by atoms with Crippen LogP contribution in [0.25, 0.3) is 6.08 Å². The van der Waals surface area contributed by atoms with Crippen LogP contribution in [0.3, 0.4) is 0 Å². The van der Waals surface area contributed by atoms with E-state index in [1.54, 1.807) is 30.4 Å². The van der Waals surface area contributed by atoms with Crippen LogP contribution in [0.15, 0.2) is 60.7 Å². The topological polar surface area (TPSA) is 87.0 Å². The summed E-state index contributed by atoms with van der Waals surface area (Å²) in [4.78, 5) is 11.1. The molecule has 2 rings (SSSR count). The Balaban J connectivity index is 1.67. The van der Waals surface area contributed by atoms with Crippen LogP contribution in [0, 0.1) is 0 Å². The van der Waals surface area contributed by atoms with Crippen LogP contribution in [0.5, 0.6) is 0 Å². The standard InChI is InChI=1S/C21H26O5/c22-17(8-4-9-20-10-5-11-21(25)26-20)14-19(24)15-18(23)13-12-16-6-2-1-3-7-16/h1-7,9,11-13,17-20,22-24H,8,10,14-15H2/b9-4+,13-12+/t17-,18-,19?,20-/m0/s1. The zero-order valence-corrected chi connectivity index (χ0v) is 14.6. The molecule has 0 saturated heterocycles. The maximum Gasteiger partial charge on any atom is 0.331 e. The molecule has 1 aliphatic rings. The summed E-state index contributed by atoms with van der Waals surface area (Å²) in [5.41, 5.74) is 0.976. The van der Waals surface area contributed by atoms with Gasteiger partial charge in [0.25, 0.3) is 0 Å². The molecule has 0 saturated carbocycles. The highest BCUT2D eigenvalue weighted by molar-refractivity contribution is 5.82. The maximum absolute atomic E-state index is 11.1. The summed E-state index contributed by atoms with van der Waals surface area (Å²) in [6.45, 7) is 0. The van der Waals surface area contributed by atoms with Crippen LogP contribution in [0.1, 0.15) is 31.2 Å². The van der Waals surface area contributed by atoms with Crippen LogP contribution in [0.2, 0.25) is 0 Å². The average molecular weight is 358 g/mol. The predicted octanol–water partition coefficient (Wildman–Crippen LogP) is 2.38. The fourth-order valence-corrected chi connectivity index (χ4v) is 2.69. The van der Waals surface area contributed by atoms with Gasteiger partial charge in [-0.15, -0.1) is 0 Å². The van der Waals surface area contributed by atoms with Gasteiger partial charge >= 0.3 is 5.97 Å². The average Bonchev–Trinajstić information content (AvgIpc) is 2.61. The predicted molar refractivity (Wildman–Crippen MR) is 100 cm³/mol. The Labute approximate surface area is 153 Å². The summed E-state index contributed by atoms with van der Waals surface area (Å²) < 4.78 is 5.08. The minimum atomic E-state index is -0.802. The molecule has 1 aromatic carbocycles. The lowest BCUT2D eigenvalue weighted by molar-refractivity contribution is -0.141. The van der Waals surface area contributed by atoms with Gasteiger partial charge in [0.1, 0.15) is 6.10 Å². The van der Waals surface area contributed by atoms with Crippen molar-refractivity contribution >= 4 is 12.0 Å². The second-order valence-electron chi connectivity index (χ2n) is 6.39. The molecule has 0 bridgehead atoms. The van der Waals surface area contributed by atoms with E-state index in [9.17, 15) is 20.1 Å². The summed E-state index contributed by atoms with van der Waals surface area (Å²) in [6.07, 6.45) is 8.80. The normalized spacial score (nSPS) is 21.0. The Bertz CT molecular complexity index is 635. The van der Waals surface area contributed by atoms with E-state index < -0.39 is 18.3 Å². The summed E-state index contributed by atoms with van der Waals surface area (Å²) >= 11 is 0. The molecular formula is C21H26O5. The van der Waals surface area contributed by atoms with E-state index in [1.165, 1.54) is 6.08 Å². The Hall–Kier alpha value is -2.21. The van der Waals surface area contributed by atoms with Gasteiger partial charge in [0.15, 0.2) is 0 Å². The van der Waals surface area contributed by atoms with Crippen molar-refractivity contribution in [1.82, 2.24) is 0 Å². The first-order valence-electron chi connectivity index (χ1n) is 8.84. The molecule has 0 aliphatic carbocycles. The van der Waals surface area contributed by atoms with Crippen molar-refractivity contribution in [2.45, 2.75) is 50.1 Å². The minimum Gasteiger partial charge on any atom is -0.455 e. The molecule has 5 nitrogen and oxygen atoms in total. The third-order valence-electron chi connectivity index (χ3n) is 4.02. The van der Waals surface area contributed by atoms with Crippen molar-refractivity contribution < 1.29 is 24.9 Å². The molecule has 1 unspecified atom stereocenters. The lowest BCUT2D eigenvalue weighted by Crippen LogP contribution is -2.22. The summed E-state index contributed by atoms with van der Waals surface area (Å²) in [5, 5.41) is 30.0. The second-order valence-corrected chi connectivity index (χ2v) is 6.39. The smallest absolute Gasteiger partial charge is 0.331 e. The van der Waals surface area contributed by atoms with Gasteiger partial charge in [-0.25, -0.2) is 4.79 Å². The van der Waals surface area contributed by atoms with Gasteiger partial charge in [-0.3, -0.25) is 0 Å².